The summed E-state index contributed by atoms with van der Waals surface area (Å²) >= 11 is 4.35. The second-order valence-corrected chi connectivity index (χ2v) is 8.60. The van der Waals surface area contributed by atoms with Gasteiger partial charge >= 0.3 is 0 Å². The van der Waals surface area contributed by atoms with E-state index in [4.69, 9.17) is 4.84 Å². The quantitative estimate of drug-likeness (QED) is 0.777. The van der Waals surface area contributed by atoms with Crippen LogP contribution in [0.25, 0.3) is 0 Å². The highest BCUT2D eigenvalue weighted by Crippen LogP contribution is 2.27. The highest BCUT2D eigenvalue weighted by molar-refractivity contribution is 9.11. The molecule has 2 rings (SSSR count). The van der Waals surface area contributed by atoms with E-state index in [1.54, 1.807) is 6.07 Å². The number of rotatable bonds is 5. The van der Waals surface area contributed by atoms with Gasteiger partial charge in [-0.15, -0.1) is 11.3 Å². The summed E-state index contributed by atoms with van der Waals surface area (Å²) < 4.78 is 27.7. The van der Waals surface area contributed by atoms with Crippen LogP contribution in [0, 0.1) is 0 Å². The molecule has 0 unspecified atom stereocenters. The third-order valence-corrected chi connectivity index (χ3v) is 6.25. The molecule has 0 bridgehead atoms. The molecular weight excluding hydrogens is 392 g/mol. The standard InChI is InChI=1S/C13H13BrN2O4S2/c1-16(20-2)13(17)9-3-5-10(6-4-9)15-22(18,19)12-8-7-11(14)21-12/h3-8,15H,1-2H3. The molecule has 1 N–H and O–H groups in total. The van der Waals surface area contributed by atoms with E-state index in [0.29, 0.717) is 11.3 Å². The molecule has 0 atom stereocenters. The third kappa shape index (κ3) is 3.86. The van der Waals surface area contributed by atoms with E-state index < -0.39 is 10.0 Å². The maximum atomic E-state index is 12.2. The Morgan fingerprint density at radius 2 is 1.86 bits per heavy atom. The number of hydrogen-bond donors (Lipinski definition) is 1. The second kappa shape index (κ2) is 6.78. The summed E-state index contributed by atoms with van der Waals surface area (Å²) in [6.45, 7) is 0. The highest BCUT2D eigenvalue weighted by atomic mass is 79.9. The Morgan fingerprint density at radius 3 is 2.36 bits per heavy atom. The van der Waals surface area contributed by atoms with Gasteiger partial charge in [-0.25, -0.2) is 13.5 Å². The molecule has 0 aliphatic rings. The van der Waals surface area contributed by atoms with Crippen LogP contribution in [-0.4, -0.2) is 33.5 Å². The maximum absolute atomic E-state index is 12.2. The summed E-state index contributed by atoms with van der Waals surface area (Å²) in [5, 5.41) is 1.09. The number of halogens is 1. The van der Waals surface area contributed by atoms with E-state index in [1.807, 2.05) is 0 Å². The van der Waals surface area contributed by atoms with Gasteiger partial charge in [-0.1, -0.05) is 0 Å². The van der Waals surface area contributed by atoms with Crippen LogP contribution < -0.4 is 4.72 Å². The van der Waals surface area contributed by atoms with Gasteiger partial charge in [0, 0.05) is 18.3 Å². The van der Waals surface area contributed by atoms with Gasteiger partial charge in [0.25, 0.3) is 15.9 Å². The molecule has 2 aromatic rings. The molecule has 6 nitrogen and oxygen atoms in total. The zero-order valence-corrected chi connectivity index (χ0v) is 15.0. The molecule has 0 saturated carbocycles. The van der Waals surface area contributed by atoms with Gasteiger partial charge in [-0.2, -0.15) is 0 Å². The topological polar surface area (TPSA) is 75.7 Å². The van der Waals surface area contributed by atoms with Crippen molar-refractivity contribution in [2.24, 2.45) is 0 Å². The van der Waals surface area contributed by atoms with Crippen molar-refractivity contribution in [3.8, 4) is 0 Å². The number of carbonyl (C=O) groups is 1. The van der Waals surface area contributed by atoms with E-state index in [-0.39, 0.29) is 10.1 Å². The SMILES string of the molecule is CON(C)C(=O)c1ccc(NS(=O)(=O)c2ccc(Br)s2)cc1. The van der Waals surface area contributed by atoms with E-state index in [9.17, 15) is 13.2 Å². The fourth-order valence-corrected chi connectivity index (χ4v) is 4.66. The molecule has 118 valence electrons. The van der Waals surface area contributed by atoms with Crippen molar-refractivity contribution < 1.29 is 18.0 Å². The number of sulfonamides is 1. The Morgan fingerprint density at radius 1 is 1.23 bits per heavy atom. The van der Waals surface area contributed by atoms with Crippen LogP contribution in [0.4, 0.5) is 5.69 Å². The number of nitrogens with zero attached hydrogens (tertiary/aromatic N) is 1. The molecule has 1 aromatic carbocycles. The van der Waals surface area contributed by atoms with Crippen LogP contribution in [0.5, 0.6) is 0 Å². The zero-order chi connectivity index (χ0) is 16.3. The summed E-state index contributed by atoms with van der Waals surface area (Å²) in [6, 6.07) is 9.29. The maximum Gasteiger partial charge on any atom is 0.277 e. The van der Waals surface area contributed by atoms with Crippen LogP contribution in [0.15, 0.2) is 44.4 Å². The number of amides is 1. The Kier molecular flexibility index (Phi) is 5.22. The number of benzene rings is 1. The number of hydroxylamine groups is 2. The monoisotopic (exact) mass is 404 g/mol. The third-order valence-electron chi connectivity index (χ3n) is 2.76. The molecule has 1 amide bonds. The predicted molar refractivity (Wildman–Crippen MR) is 88.4 cm³/mol. The van der Waals surface area contributed by atoms with Crippen molar-refractivity contribution in [3.63, 3.8) is 0 Å². The highest BCUT2D eigenvalue weighted by Gasteiger charge is 2.17. The van der Waals surface area contributed by atoms with Crippen molar-refractivity contribution in [3.05, 3.63) is 45.7 Å². The van der Waals surface area contributed by atoms with Gasteiger partial charge in [0.1, 0.15) is 4.21 Å². The molecule has 1 heterocycles. The largest absolute Gasteiger partial charge is 0.279 e. The van der Waals surface area contributed by atoms with Gasteiger partial charge in [-0.3, -0.25) is 14.4 Å². The van der Waals surface area contributed by atoms with Crippen molar-refractivity contribution in [1.82, 2.24) is 5.06 Å². The zero-order valence-electron chi connectivity index (χ0n) is 11.7. The lowest BCUT2D eigenvalue weighted by Gasteiger charge is -2.13. The van der Waals surface area contributed by atoms with E-state index in [2.05, 4.69) is 20.7 Å². The van der Waals surface area contributed by atoms with Crippen molar-refractivity contribution >= 4 is 48.9 Å². The Labute approximate surface area is 140 Å². The summed E-state index contributed by atoms with van der Waals surface area (Å²) in [7, 11) is -0.746. The van der Waals surface area contributed by atoms with Crippen molar-refractivity contribution in [2.45, 2.75) is 4.21 Å². The molecule has 0 aliphatic heterocycles. The van der Waals surface area contributed by atoms with Gasteiger partial charge in [0.15, 0.2) is 0 Å². The first-order chi connectivity index (χ1) is 10.3. The molecular formula is C13H13BrN2O4S2. The minimum absolute atomic E-state index is 0.207. The fourth-order valence-electron chi connectivity index (χ4n) is 1.59. The van der Waals surface area contributed by atoms with Crippen LogP contribution >= 0.6 is 27.3 Å². The number of anilines is 1. The van der Waals surface area contributed by atoms with Crippen LogP contribution in [0.1, 0.15) is 10.4 Å². The molecule has 0 radical (unpaired) electrons. The lowest BCUT2D eigenvalue weighted by molar-refractivity contribution is -0.0756. The summed E-state index contributed by atoms with van der Waals surface area (Å²) in [5.74, 6) is -0.320. The van der Waals surface area contributed by atoms with Gasteiger partial charge in [0.2, 0.25) is 0 Å². The van der Waals surface area contributed by atoms with Crippen LogP contribution in [-0.2, 0) is 14.9 Å². The number of hydrogen-bond acceptors (Lipinski definition) is 5. The Balaban J connectivity index is 2.16. The first kappa shape index (κ1) is 16.9. The molecule has 1 aromatic heterocycles. The number of nitrogens with one attached hydrogen (secondary N) is 1. The minimum Gasteiger partial charge on any atom is -0.279 e. The molecule has 0 spiro atoms. The van der Waals surface area contributed by atoms with Crippen molar-refractivity contribution in [2.75, 3.05) is 18.9 Å². The van der Waals surface area contributed by atoms with Crippen LogP contribution in [0.3, 0.4) is 0 Å². The molecule has 9 heteroatoms. The van der Waals surface area contributed by atoms with Crippen molar-refractivity contribution in [1.29, 1.82) is 0 Å². The summed E-state index contributed by atoms with van der Waals surface area (Å²) in [5.41, 5.74) is 0.771. The van der Waals surface area contributed by atoms with E-state index in [0.717, 1.165) is 20.2 Å². The molecule has 0 fully saturated rings. The average molecular weight is 405 g/mol. The Bertz CT molecular complexity index is 772. The molecule has 22 heavy (non-hydrogen) atoms. The smallest absolute Gasteiger partial charge is 0.277 e. The fraction of sp³-hybridized carbons (Fsp3) is 0.154. The Hall–Kier alpha value is -1.42. The number of thiophene rings is 1. The van der Waals surface area contributed by atoms with Gasteiger partial charge in [0.05, 0.1) is 10.9 Å². The van der Waals surface area contributed by atoms with E-state index in [1.165, 1.54) is 44.5 Å². The average Bonchev–Trinajstić information content (AvgIpc) is 2.93. The first-order valence-electron chi connectivity index (χ1n) is 6.04. The van der Waals surface area contributed by atoms with Gasteiger partial charge in [-0.05, 0) is 52.3 Å². The predicted octanol–water partition coefficient (Wildman–Crippen LogP) is 2.94. The normalized spacial score (nSPS) is 11.2. The first-order valence-corrected chi connectivity index (χ1v) is 9.13. The van der Waals surface area contributed by atoms with Gasteiger partial charge < -0.3 is 0 Å². The second-order valence-electron chi connectivity index (χ2n) is 4.23. The lowest BCUT2D eigenvalue weighted by Crippen LogP contribution is -2.25. The van der Waals surface area contributed by atoms with Crippen LogP contribution in [0.2, 0.25) is 0 Å². The van der Waals surface area contributed by atoms with E-state index >= 15 is 0 Å². The summed E-state index contributed by atoms with van der Waals surface area (Å²) in [4.78, 5) is 16.7. The molecule has 0 aliphatic carbocycles. The minimum atomic E-state index is -3.63. The lowest BCUT2D eigenvalue weighted by atomic mass is 10.2. The number of carbonyl (C=O) groups excluding carboxylic acids is 1. The summed E-state index contributed by atoms with van der Waals surface area (Å²) in [6.07, 6.45) is 0. The molecule has 0 saturated heterocycles.